The van der Waals surface area contributed by atoms with Crippen LogP contribution in [0.25, 0.3) is 10.9 Å². The van der Waals surface area contributed by atoms with Gasteiger partial charge in [-0.2, -0.15) is 0 Å². The predicted molar refractivity (Wildman–Crippen MR) is 93.9 cm³/mol. The van der Waals surface area contributed by atoms with E-state index in [9.17, 15) is 4.79 Å². The van der Waals surface area contributed by atoms with Crippen LogP contribution in [0.4, 0.5) is 0 Å². The molecule has 0 radical (unpaired) electrons. The summed E-state index contributed by atoms with van der Waals surface area (Å²) in [5.41, 5.74) is 3.30. The SMILES string of the molecule is O=C1CSC(c2ccnc3ccccc23)N1Cc1ccccc1. The second kappa shape index (κ2) is 6.05. The molecule has 0 saturated carbocycles. The third-order valence-electron chi connectivity index (χ3n) is 4.11. The van der Waals surface area contributed by atoms with E-state index < -0.39 is 0 Å². The Morgan fingerprint density at radius 3 is 2.70 bits per heavy atom. The normalized spacial score (nSPS) is 17.8. The van der Waals surface area contributed by atoms with Gasteiger partial charge in [-0.25, -0.2) is 0 Å². The molecule has 1 fully saturated rings. The number of aromatic nitrogens is 1. The first kappa shape index (κ1) is 14.3. The number of thioether (sulfide) groups is 1. The molecule has 0 N–H and O–H groups in total. The Bertz CT molecular complexity index is 845. The van der Waals surface area contributed by atoms with Crippen LogP contribution in [-0.2, 0) is 11.3 Å². The van der Waals surface area contributed by atoms with E-state index in [-0.39, 0.29) is 11.3 Å². The van der Waals surface area contributed by atoms with Crippen LogP contribution in [0.1, 0.15) is 16.5 Å². The average molecular weight is 320 g/mol. The molecule has 23 heavy (non-hydrogen) atoms. The molecule has 1 aliphatic rings. The van der Waals surface area contributed by atoms with Crippen LogP contribution in [-0.4, -0.2) is 21.5 Å². The molecule has 0 spiro atoms. The number of fused-ring (bicyclic) bond motifs is 1. The van der Waals surface area contributed by atoms with Gasteiger partial charge >= 0.3 is 0 Å². The molecule has 2 aromatic carbocycles. The highest BCUT2D eigenvalue weighted by Gasteiger charge is 2.33. The number of pyridine rings is 1. The zero-order valence-corrected chi connectivity index (χ0v) is 13.4. The molecular weight excluding hydrogens is 304 g/mol. The molecule has 1 saturated heterocycles. The average Bonchev–Trinajstić information content (AvgIpc) is 2.96. The van der Waals surface area contributed by atoms with Gasteiger partial charge in [0, 0.05) is 18.1 Å². The van der Waals surface area contributed by atoms with Crippen molar-refractivity contribution in [2.45, 2.75) is 11.9 Å². The van der Waals surface area contributed by atoms with Gasteiger partial charge in [0.05, 0.1) is 11.3 Å². The predicted octanol–water partition coefficient (Wildman–Crippen LogP) is 4.01. The van der Waals surface area contributed by atoms with Crippen molar-refractivity contribution < 1.29 is 4.79 Å². The molecule has 114 valence electrons. The molecule has 0 bridgehead atoms. The van der Waals surface area contributed by atoms with Crippen molar-refractivity contribution in [3.8, 4) is 0 Å². The van der Waals surface area contributed by atoms with Gasteiger partial charge < -0.3 is 4.90 Å². The van der Waals surface area contributed by atoms with Crippen molar-refractivity contribution in [2.24, 2.45) is 0 Å². The summed E-state index contributed by atoms with van der Waals surface area (Å²) in [6, 6.07) is 20.3. The van der Waals surface area contributed by atoms with Gasteiger partial charge in [0.25, 0.3) is 0 Å². The fraction of sp³-hybridized carbons (Fsp3) is 0.158. The summed E-state index contributed by atoms with van der Waals surface area (Å²) in [4.78, 5) is 18.8. The second-order valence-electron chi connectivity index (χ2n) is 5.59. The summed E-state index contributed by atoms with van der Waals surface area (Å²) < 4.78 is 0. The molecule has 1 atom stereocenters. The van der Waals surface area contributed by atoms with E-state index in [0.717, 1.165) is 16.5 Å². The van der Waals surface area contributed by atoms with Crippen molar-refractivity contribution in [2.75, 3.05) is 5.75 Å². The van der Waals surface area contributed by atoms with Gasteiger partial charge in [0.2, 0.25) is 5.91 Å². The lowest BCUT2D eigenvalue weighted by molar-refractivity contribution is -0.128. The van der Waals surface area contributed by atoms with E-state index in [1.54, 1.807) is 11.8 Å². The van der Waals surface area contributed by atoms with E-state index >= 15 is 0 Å². The molecule has 1 unspecified atom stereocenters. The van der Waals surface area contributed by atoms with Gasteiger partial charge in [-0.1, -0.05) is 48.5 Å². The van der Waals surface area contributed by atoms with Crippen molar-refractivity contribution in [3.63, 3.8) is 0 Å². The maximum Gasteiger partial charge on any atom is 0.234 e. The topological polar surface area (TPSA) is 33.2 Å². The Labute approximate surface area is 139 Å². The van der Waals surface area contributed by atoms with Crippen molar-refractivity contribution >= 4 is 28.6 Å². The minimum atomic E-state index is 0.0515. The van der Waals surface area contributed by atoms with Crippen molar-refractivity contribution in [1.29, 1.82) is 0 Å². The zero-order chi connectivity index (χ0) is 15.6. The summed E-state index contributed by atoms with van der Waals surface area (Å²) in [5.74, 6) is 0.735. The highest BCUT2D eigenvalue weighted by atomic mass is 32.2. The lowest BCUT2D eigenvalue weighted by atomic mass is 10.1. The molecule has 1 aromatic heterocycles. The van der Waals surface area contributed by atoms with Gasteiger partial charge in [-0.05, 0) is 23.3 Å². The first-order chi connectivity index (χ1) is 11.3. The second-order valence-corrected chi connectivity index (χ2v) is 6.66. The molecule has 0 aliphatic carbocycles. The molecule has 2 heterocycles. The fourth-order valence-corrected chi connectivity index (χ4v) is 4.22. The van der Waals surface area contributed by atoms with Crippen LogP contribution in [0, 0.1) is 0 Å². The van der Waals surface area contributed by atoms with Crippen LogP contribution in [0.15, 0.2) is 66.9 Å². The maximum atomic E-state index is 12.4. The first-order valence-corrected chi connectivity index (χ1v) is 8.66. The number of rotatable bonds is 3. The number of benzene rings is 2. The van der Waals surface area contributed by atoms with E-state index in [2.05, 4.69) is 23.2 Å². The number of nitrogens with zero attached hydrogens (tertiary/aromatic N) is 2. The lowest BCUT2D eigenvalue weighted by Gasteiger charge is -2.25. The number of para-hydroxylation sites is 1. The van der Waals surface area contributed by atoms with Gasteiger partial charge in [0.1, 0.15) is 5.37 Å². The van der Waals surface area contributed by atoms with E-state index in [4.69, 9.17) is 0 Å². The van der Waals surface area contributed by atoms with Crippen LogP contribution < -0.4 is 0 Å². The van der Waals surface area contributed by atoms with E-state index in [0.29, 0.717) is 12.3 Å². The van der Waals surface area contributed by atoms with Gasteiger partial charge in [-0.15, -0.1) is 11.8 Å². The van der Waals surface area contributed by atoms with E-state index in [1.807, 2.05) is 53.6 Å². The Morgan fingerprint density at radius 2 is 1.83 bits per heavy atom. The first-order valence-electron chi connectivity index (χ1n) is 7.61. The van der Waals surface area contributed by atoms with E-state index in [1.165, 1.54) is 5.56 Å². The standard InChI is InChI=1S/C19H16N2OS/c22-18-13-23-19(21(18)12-14-6-2-1-3-7-14)16-10-11-20-17-9-5-4-8-15(16)17/h1-11,19H,12-13H2. The summed E-state index contributed by atoms with van der Waals surface area (Å²) in [6.45, 7) is 0.647. The summed E-state index contributed by atoms with van der Waals surface area (Å²) >= 11 is 1.69. The highest BCUT2D eigenvalue weighted by molar-refractivity contribution is 8.00. The minimum absolute atomic E-state index is 0.0515. The zero-order valence-electron chi connectivity index (χ0n) is 12.6. The Kier molecular flexibility index (Phi) is 3.75. The smallest absolute Gasteiger partial charge is 0.234 e. The number of hydrogen-bond acceptors (Lipinski definition) is 3. The lowest BCUT2D eigenvalue weighted by Crippen LogP contribution is -2.27. The third kappa shape index (κ3) is 2.70. The molecule has 4 heteroatoms. The van der Waals surface area contributed by atoms with Crippen LogP contribution in [0.2, 0.25) is 0 Å². The Morgan fingerprint density at radius 1 is 1.04 bits per heavy atom. The monoisotopic (exact) mass is 320 g/mol. The van der Waals surface area contributed by atoms with Crippen LogP contribution >= 0.6 is 11.8 Å². The molecule has 3 aromatic rings. The quantitative estimate of drug-likeness (QED) is 0.731. The molecule has 4 rings (SSSR count). The van der Waals surface area contributed by atoms with Gasteiger partial charge in [-0.3, -0.25) is 9.78 Å². The number of amides is 1. The molecule has 3 nitrogen and oxygen atoms in total. The maximum absolute atomic E-state index is 12.4. The van der Waals surface area contributed by atoms with Crippen molar-refractivity contribution in [1.82, 2.24) is 9.88 Å². The molecular formula is C19H16N2OS. The Hall–Kier alpha value is -2.33. The molecule has 1 amide bonds. The Balaban J connectivity index is 1.73. The number of hydrogen-bond donors (Lipinski definition) is 0. The number of carbonyl (C=O) groups excluding carboxylic acids is 1. The number of carbonyl (C=O) groups is 1. The summed E-state index contributed by atoms with van der Waals surface area (Å²) in [6.07, 6.45) is 1.84. The fourth-order valence-electron chi connectivity index (χ4n) is 3.00. The summed E-state index contributed by atoms with van der Waals surface area (Å²) in [5, 5.41) is 1.18. The highest BCUT2D eigenvalue weighted by Crippen LogP contribution is 2.41. The summed E-state index contributed by atoms with van der Waals surface area (Å²) in [7, 11) is 0. The minimum Gasteiger partial charge on any atom is -0.321 e. The van der Waals surface area contributed by atoms with Crippen molar-refractivity contribution in [3.05, 3.63) is 78.0 Å². The van der Waals surface area contributed by atoms with Crippen LogP contribution in [0.3, 0.4) is 0 Å². The van der Waals surface area contributed by atoms with Gasteiger partial charge in [0.15, 0.2) is 0 Å². The largest absolute Gasteiger partial charge is 0.321 e. The van der Waals surface area contributed by atoms with Crippen LogP contribution in [0.5, 0.6) is 0 Å². The molecule has 1 aliphatic heterocycles. The third-order valence-corrected chi connectivity index (χ3v) is 5.35.